The minimum absolute atomic E-state index is 0.0304. The topological polar surface area (TPSA) is 104 Å². The molecule has 2 aromatic heterocycles. The Balaban J connectivity index is 0.000000934. The van der Waals surface area contributed by atoms with E-state index in [0.29, 0.717) is 30.9 Å². The number of nitrogens with one attached hydrogen (secondary N) is 2. The van der Waals surface area contributed by atoms with Gasteiger partial charge in [0, 0.05) is 71.6 Å². The highest BCUT2D eigenvalue weighted by Gasteiger charge is 2.46. The van der Waals surface area contributed by atoms with Crippen molar-refractivity contribution < 1.29 is 44.5 Å². The fourth-order valence-electron chi connectivity index (χ4n) is 4.54. The lowest BCUT2D eigenvalue weighted by Crippen LogP contribution is -2.39. The zero-order valence-corrected chi connectivity index (χ0v) is 25.2. The Labute approximate surface area is 250 Å². The van der Waals surface area contributed by atoms with Crippen molar-refractivity contribution in [3.05, 3.63) is 28.5 Å². The molecule has 2 saturated heterocycles. The van der Waals surface area contributed by atoms with Crippen LogP contribution < -0.4 is 10.6 Å². The highest BCUT2D eigenvalue weighted by molar-refractivity contribution is 7.85. The molecule has 0 saturated carbocycles. The smallest absolute Gasteiger partial charge is 0.370 e. The summed E-state index contributed by atoms with van der Waals surface area (Å²) in [6.45, 7) is 3.26. The number of carbonyl (C=O) groups is 2. The summed E-state index contributed by atoms with van der Waals surface area (Å²) in [5.41, 5.74) is -0.848. The predicted molar refractivity (Wildman–Crippen MR) is 149 cm³/mol. The summed E-state index contributed by atoms with van der Waals surface area (Å²) in [5, 5.41) is 5.59. The van der Waals surface area contributed by atoms with Crippen molar-refractivity contribution in [2.24, 2.45) is 0 Å². The van der Waals surface area contributed by atoms with Crippen molar-refractivity contribution in [1.29, 1.82) is 0 Å². The molecule has 1 atom stereocenters. The Bertz CT molecular complexity index is 1310. The maximum atomic E-state index is 14.1. The molecular formula is C26H32F7N5O3S2. The minimum Gasteiger partial charge on any atom is -0.370 e. The first-order chi connectivity index (χ1) is 20.0. The molecule has 0 spiro atoms. The van der Waals surface area contributed by atoms with Crippen LogP contribution in [0.2, 0.25) is 0 Å². The average molecular weight is 660 g/mol. The number of hydrogen-bond acceptors (Lipinski definition) is 7. The maximum absolute atomic E-state index is 14.1. The van der Waals surface area contributed by atoms with Gasteiger partial charge in [-0.2, -0.15) is 13.2 Å². The van der Waals surface area contributed by atoms with Crippen molar-refractivity contribution in [2.75, 3.05) is 29.9 Å². The Morgan fingerprint density at radius 3 is 2.40 bits per heavy atom. The van der Waals surface area contributed by atoms with Gasteiger partial charge < -0.3 is 15.5 Å². The number of pyridine rings is 1. The first-order valence-corrected chi connectivity index (χ1v) is 15.7. The molecule has 240 valence electrons. The molecule has 2 N–H and O–H groups in total. The van der Waals surface area contributed by atoms with E-state index in [-0.39, 0.29) is 39.9 Å². The van der Waals surface area contributed by atoms with E-state index in [1.165, 1.54) is 19.2 Å². The lowest BCUT2D eigenvalue weighted by molar-refractivity contribution is -0.110. The summed E-state index contributed by atoms with van der Waals surface area (Å²) in [5.74, 6) is -3.44. The maximum Gasteiger partial charge on any atom is 0.386 e. The van der Waals surface area contributed by atoms with Crippen molar-refractivity contribution in [1.82, 2.24) is 20.2 Å². The number of hydrogen-bond donors (Lipinski definition) is 2. The third-order valence-electron chi connectivity index (χ3n) is 6.51. The molecular weight excluding hydrogens is 627 g/mol. The second kappa shape index (κ2) is 14.3. The van der Waals surface area contributed by atoms with E-state index in [0.717, 1.165) is 22.7 Å². The van der Waals surface area contributed by atoms with Crippen molar-refractivity contribution in [3.8, 4) is 10.4 Å². The molecule has 0 aliphatic carbocycles. The number of amides is 2. The summed E-state index contributed by atoms with van der Waals surface area (Å²) < 4.78 is 99.1. The zero-order valence-electron chi connectivity index (χ0n) is 23.6. The second-order valence-electron chi connectivity index (χ2n) is 10.3. The molecule has 1 unspecified atom stereocenters. The lowest BCUT2D eigenvalue weighted by atomic mass is 10.1. The fourth-order valence-corrected chi connectivity index (χ4v) is 6.83. The molecule has 2 amide bonds. The van der Waals surface area contributed by atoms with E-state index >= 15 is 0 Å². The molecule has 2 aromatic rings. The molecule has 2 fully saturated rings. The molecule has 2 aliphatic rings. The van der Waals surface area contributed by atoms with Crippen LogP contribution in [0.15, 0.2) is 12.3 Å². The number of halogens is 7. The molecule has 2 aliphatic heterocycles. The number of carbonyl (C=O) groups excluding carboxylic acids is 2. The van der Waals surface area contributed by atoms with E-state index in [1.54, 1.807) is 0 Å². The number of alkyl halides is 7. The van der Waals surface area contributed by atoms with E-state index in [9.17, 15) is 44.5 Å². The molecule has 4 rings (SSSR count). The number of aromatic nitrogens is 2. The van der Waals surface area contributed by atoms with Crippen molar-refractivity contribution in [3.63, 3.8) is 0 Å². The first-order valence-electron chi connectivity index (χ1n) is 13.4. The van der Waals surface area contributed by atoms with Crippen LogP contribution in [-0.4, -0.2) is 79.7 Å². The van der Waals surface area contributed by atoms with Crippen LogP contribution in [0, 0.1) is 0 Å². The Morgan fingerprint density at radius 2 is 1.86 bits per heavy atom. The molecule has 0 aromatic carbocycles. The number of likely N-dealkylation sites (tertiary alicyclic amines) is 1. The summed E-state index contributed by atoms with van der Waals surface area (Å²) in [6.07, 6.45) is -4.52. The summed E-state index contributed by atoms with van der Waals surface area (Å²) in [7, 11) is -0.933. The van der Waals surface area contributed by atoms with E-state index in [4.69, 9.17) is 0 Å². The Morgan fingerprint density at radius 1 is 1.23 bits per heavy atom. The lowest BCUT2D eigenvalue weighted by Gasteiger charge is -2.21. The van der Waals surface area contributed by atoms with Gasteiger partial charge in [-0.15, -0.1) is 11.3 Å². The minimum atomic E-state index is -4.00. The fraction of sp³-hybridized carbons (Fsp3) is 0.615. The van der Waals surface area contributed by atoms with E-state index in [1.807, 2.05) is 6.92 Å². The van der Waals surface area contributed by atoms with E-state index in [2.05, 4.69) is 20.6 Å². The summed E-state index contributed by atoms with van der Waals surface area (Å²) in [6, 6.07) is 0.130. The number of nitrogens with zero attached hydrogens (tertiary/aromatic N) is 3. The molecule has 43 heavy (non-hydrogen) atoms. The van der Waals surface area contributed by atoms with Crippen LogP contribution in [0.1, 0.15) is 78.7 Å². The SMILES string of the molecule is CC(F)(F)F.CCCNc1cc(C(F)F)c(-c2sc(C(=O)NC3CCS(=O)CC3)nc2C(=O)N2CC(F)(F)CC2C)cn1. The first kappa shape index (κ1) is 34.7. The highest BCUT2D eigenvalue weighted by atomic mass is 32.2. The molecule has 17 heteroatoms. The number of anilines is 1. The monoisotopic (exact) mass is 659 g/mol. The Hall–Kier alpha value is -2.82. The van der Waals surface area contributed by atoms with Crippen molar-refractivity contribution >= 4 is 39.8 Å². The average Bonchev–Trinajstić information content (AvgIpc) is 3.47. The van der Waals surface area contributed by atoms with Crippen LogP contribution in [-0.2, 0) is 10.8 Å². The molecule has 4 heterocycles. The summed E-state index contributed by atoms with van der Waals surface area (Å²) >= 11 is 0.741. The van der Waals surface area contributed by atoms with Gasteiger partial charge in [-0.25, -0.2) is 27.5 Å². The van der Waals surface area contributed by atoms with Gasteiger partial charge in [-0.05, 0) is 32.3 Å². The number of rotatable bonds is 8. The predicted octanol–water partition coefficient (Wildman–Crippen LogP) is 6.04. The molecule has 0 bridgehead atoms. The van der Waals surface area contributed by atoms with Crippen molar-refractivity contribution in [2.45, 2.75) is 77.1 Å². The summed E-state index contributed by atoms with van der Waals surface area (Å²) in [4.78, 5) is 35.8. The normalized spacial score (nSPS) is 21.7. The third kappa shape index (κ3) is 9.84. The van der Waals surface area contributed by atoms with Gasteiger partial charge in [0.05, 0.1) is 11.4 Å². The van der Waals surface area contributed by atoms with Gasteiger partial charge in [-0.3, -0.25) is 13.8 Å². The van der Waals surface area contributed by atoms with Crippen LogP contribution in [0.5, 0.6) is 0 Å². The van der Waals surface area contributed by atoms with Crippen LogP contribution in [0.25, 0.3) is 10.4 Å². The van der Waals surface area contributed by atoms with Gasteiger partial charge in [0.25, 0.3) is 24.2 Å². The molecule has 8 nitrogen and oxygen atoms in total. The molecule has 0 radical (unpaired) electrons. The Kier molecular flexibility index (Phi) is 11.5. The quantitative estimate of drug-likeness (QED) is 0.335. The van der Waals surface area contributed by atoms with E-state index < -0.39 is 65.7 Å². The van der Waals surface area contributed by atoms with Gasteiger partial charge in [0.2, 0.25) is 0 Å². The number of thiazole rings is 1. The van der Waals surface area contributed by atoms with Crippen LogP contribution in [0.4, 0.5) is 36.6 Å². The zero-order chi connectivity index (χ0) is 32.1. The van der Waals surface area contributed by atoms with Crippen LogP contribution in [0.3, 0.4) is 0 Å². The largest absolute Gasteiger partial charge is 0.386 e. The van der Waals surface area contributed by atoms with Gasteiger partial charge in [0.15, 0.2) is 5.01 Å². The third-order valence-corrected chi connectivity index (χ3v) is 8.98. The second-order valence-corrected chi connectivity index (χ2v) is 13.0. The van der Waals surface area contributed by atoms with Gasteiger partial charge >= 0.3 is 6.18 Å². The highest BCUT2D eigenvalue weighted by Crippen LogP contribution is 2.40. The van der Waals surface area contributed by atoms with Gasteiger partial charge in [0.1, 0.15) is 11.5 Å². The standard InChI is InChI=1S/C24H29F4N5O3S2.C2H3F3/c1-3-6-29-17-9-15(20(25)26)16(11-30-17)19-18(23(35)33-12-24(27,28)10-13(33)2)32-22(37-19)21(34)31-14-4-7-38(36)8-5-14;1-2(3,4)5/h9,11,13-14,20H,3-8,10,12H2,1-2H3,(H,29,30)(H,31,34);1H3. The van der Waals surface area contributed by atoms with Crippen LogP contribution >= 0.6 is 11.3 Å². The van der Waals surface area contributed by atoms with Gasteiger partial charge in [-0.1, -0.05) is 6.92 Å².